The molecule has 0 saturated carbocycles. The van der Waals surface area contributed by atoms with Gasteiger partial charge in [-0.15, -0.1) is 0 Å². The second-order valence-corrected chi connectivity index (χ2v) is 5.00. The zero-order valence-corrected chi connectivity index (χ0v) is 11.4. The van der Waals surface area contributed by atoms with Crippen molar-refractivity contribution in [2.75, 3.05) is 25.0 Å². The molecule has 2 N–H and O–H groups in total. The number of rotatable bonds is 3. The quantitative estimate of drug-likeness (QED) is 0.805. The maximum atomic E-state index is 10.1. The molecule has 18 heavy (non-hydrogen) atoms. The van der Waals surface area contributed by atoms with Crippen molar-refractivity contribution in [3.05, 3.63) is 35.4 Å². The molecule has 2 rings (SSSR count). The summed E-state index contributed by atoms with van der Waals surface area (Å²) in [5.41, 5.74) is 3.50. The summed E-state index contributed by atoms with van der Waals surface area (Å²) in [6.45, 7) is 6.18. The van der Waals surface area contributed by atoms with Crippen molar-refractivity contribution in [1.82, 2.24) is 5.32 Å². The Hall–Kier alpha value is -1.48. The van der Waals surface area contributed by atoms with Crippen molar-refractivity contribution in [3.63, 3.8) is 0 Å². The summed E-state index contributed by atoms with van der Waals surface area (Å²) in [6, 6.07) is 6.15. The lowest BCUT2D eigenvalue weighted by molar-refractivity contribution is 0.458. The molecule has 0 amide bonds. The summed E-state index contributed by atoms with van der Waals surface area (Å²) in [5, 5.41) is 13.2. The highest BCUT2D eigenvalue weighted by molar-refractivity contribution is 5.55. The molecule has 0 spiro atoms. The molecule has 1 heterocycles. The second-order valence-electron chi connectivity index (χ2n) is 5.00. The number of phenols is 1. The van der Waals surface area contributed by atoms with Crippen LogP contribution in [0.3, 0.4) is 0 Å². The molecule has 98 valence electrons. The molecule has 1 aliphatic rings. The van der Waals surface area contributed by atoms with Gasteiger partial charge in [-0.3, -0.25) is 0 Å². The Morgan fingerprint density at radius 3 is 2.72 bits per heavy atom. The predicted octanol–water partition coefficient (Wildman–Crippen LogP) is 2.83. The predicted molar refractivity (Wildman–Crippen MR) is 76.2 cm³/mol. The Balaban J connectivity index is 2.19. The smallest absolute Gasteiger partial charge is 0.122 e. The lowest BCUT2D eigenvalue weighted by atomic mass is 10.0. The van der Waals surface area contributed by atoms with Crippen molar-refractivity contribution < 1.29 is 5.11 Å². The molecular formula is C15H22N2O. The molecule has 3 nitrogen and oxygen atoms in total. The van der Waals surface area contributed by atoms with E-state index >= 15 is 0 Å². The Labute approximate surface area is 109 Å². The summed E-state index contributed by atoms with van der Waals surface area (Å²) in [4.78, 5) is 2.29. The molecule has 1 aromatic carbocycles. The maximum Gasteiger partial charge on any atom is 0.122 e. The van der Waals surface area contributed by atoms with E-state index in [2.05, 4.69) is 29.3 Å². The summed E-state index contributed by atoms with van der Waals surface area (Å²) >= 11 is 0. The van der Waals surface area contributed by atoms with Gasteiger partial charge in [-0.25, -0.2) is 0 Å². The van der Waals surface area contributed by atoms with Crippen molar-refractivity contribution in [2.45, 2.75) is 26.3 Å². The first-order valence-electron chi connectivity index (χ1n) is 6.52. The third-order valence-electron chi connectivity index (χ3n) is 3.71. The van der Waals surface area contributed by atoms with Gasteiger partial charge < -0.3 is 15.3 Å². The summed E-state index contributed by atoms with van der Waals surface area (Å²) in [7, 11) is 1.90. The second kappa shape index (κ2) is 5.44. The molecule has 0 aliphatic carbocycles. The van der Waals surface area contributed by atoms with Gasteiger partial charge in [0.05, 0.1) is 0 Å². The van der Waals surface area contributed by atoms with E-state index in [1.54, 1.807) is 0 Å². The SMILES string of the molecule is CNC(C)c1ccc(N2CC=C(C)CC2)cc1O. The van der Waals surface area contributed by atoms with Crippen LogP contribution in [-0.2, 0) is 0 Å². The fraction of sp³-hybridized carbons (Fsp3) is 0.467. The van der Waals surface area contributed by atoms with Gasteiger partial charge in [0.25, 0.3) is 0 Å². The van der Waals surface area contributed by atoms with Gasteiger partial charge in [0.1, 0.15) is 5.75 Å². The standard InChI is InChI=1S/C15H22N2O/c1-11-6-8-17(9-7-11)13-4-5-14(12(2)16-3)15(18)10-13/h4-6,10,12,16,18H,7-9H2,1-3H3. The Bertz CT molecular complexity index is 454. The van der Waals surface area contributed by atoms with E-state index in [0.29, 0.717) is 5.75 Å². The first kappa shape index (κ1) is 13.0. The average Bonchev–Trinajstić information content (AvgIpc) is 2.38. The monoisotopic (exact) mass is 246 g/mol. The van der Waals surface area contributed by atoms with Crippen LogP contribution in [0.4, 0.5) is 5.69 Å². The van der Waals surface area contributed by atoms with E-state index in [4.69, 9.17) is 0 Å². The first-order chi connectivity index (χ1) is 8.61. The number of aromatic hydroxyl groups is 1. The number of nitrogens with one attached hydrogen (secondary N) is 1. The van der Waals surface area contributed by atoms with Gasteiger partial charge in [-0.1, -0.05) is 17.7 Å². The number of hydrogen-bond acceptors (Lipinski definition) is 3. The Morgan fingerprint density at radius 1 is 1.39 bits per heavy atom. The fourth-order valence-corrected chi connectivity index (χ4v) is 2.26. The van der Waals surface area contributed by atoms with Crippen LogP contribution in [0.25, 0.3) is 0 Å². The fourth-order valence-electron chi connectivity index (χ4n) is 2.26. The van der Waals surface area contributed by atoms with Crippen LogP contribution in [-0.4, -0.2) is 25.2 Å². The normalized spacial score (nSPS) is 17.5. The van der Waals surface area contributed by atoms with Crippen LogP contribution in [0.2, 0.25) is 0 Å². The minimum Gasteiger partial charge on any atom is -0.508 e. The van der Waals surface area contributed by atoms with Crippen molar-refractivity contribution in [3.8, 4) is 5.75 Å². The van der Waals surface area contributed by atoms with Gasteiger partial charge in [0, 0.05) is 36.4 Å². The molecular weight excluding hydrogens is 224 g/mol. The molecule has 0 aromatic heterocycles. The number of benzene rings is 1. The third kappa shape index (κ3) is 2.67. The van der Waals surface area contributed by atoms with E-state index in [-0.39, 0.29) is 6.04 Å². The highest BCUT2D eigenvalue weighted by Gasteiger charge is 2.13. The highest BCUT2D eigenvalue weighted by Crippen LogP contribution is 2.30. The molecule has 1 atom stereocenters. The van der Waals surface area contributed by atoms with E-state index in [0.717, 1.165) is 30.8 Å². The van der Waals surface area contributed by atoms with Crippen molar-refractivity contribution >= 4 is 5.69 Å². The molecule has 0 radical (unpaired) electrons. The molecule has 1 aromatic rings. The number of anilines is 1. The summed E-state index contributed by atoms with van der Waals surface area (Å²) in [6.07, 6.45) is 3.36. The minimum absolute atomic E-state index is 0.169. The van der Waals surface area contributed by atoms with Crippen molar-refractivity contribution in [2.24, 2.45) is 0 Å². The van der Waals surface area contributed by atoms with Crippen LogP contribution in [0.5, 0.6) is 5.75 Å². The number of hydrogen-bond donors (Lipinski definition) is 2. The van der Waals surface area contributed by atoms with Gasteiger partial charge in [-0.05, 0) is 33.4 Å². The summed E-state index contributed by atoms with van der Waals surface area (Å²) in [5.74, 6) is 0.376. The van der Waals surface area contributed by atoms with Gasteiger partial charge in [-0.2, -0.15) is 0 Å². The average molecular weight is 246 g/mol. The molecule has 1 unspecified atom stereocenters. The molecule has 0 fully saturated rings. The number of nitrogens with zero attached hydrogens (tertiary/aromatic N) is 1. The van der Waals surface area contributed by atoms with Crippen LogP contribution in [0.15, 0.2) is 29.8 Å². The van der Waals surface area contributed by atoms with Gasteiger partial charge >= 0.3 is 0 Å². The van der Waals surface area contributed by atoms with E-state index in [1.165, 1.54) is 5.57 Å². The van der Waals surface area contributed by atoms with Crippen LogP contribution >= 0.6 is 0 Å². The zero-order chi connectivity index (χ0) is 13.1. The van der Waals surface area contributed by atoms with Crippen LogP contribution < -0.4 is 10.2 Å². The van der Waals surface area contributed by atoms with E-state index in [1.807, 2.05) is 26.1 Å². The Morgan fingerprint density at radius 2 is 2.17 bits per heavy atom. The van der Waals surface area contributed by atoms with E-state index in [9.17, 15) is 5.11 Å². The lowest BCUT2D eigenvalue weighted by Gasteiger charge is -2.28. The maximum absolute atomic E-state index is 10.1. The van der Waals surface area contributed by atoms with Crippen LogP contribution in [0, 0.1) is 0 Å². The Kier molecular flexibility index (Phi) is 3.92. The van der Waals surface area contributed by atoms with Gasteiger partial charge in [0.15, 0.2) is 0 Å². The largest absolute Gasteiger partial charge is 0.508 e. The number of phenolic OH excluding ortho intramolecular Hbond substituents is 1. The highest BCUT2D eigenvalue weighted by atomic mass is 16.3. The first-order valence-corrected chi connectivity index (χ1v) is 6.52. The third-order valence-corrected chi connectivity index (χ3v) is 3.71. The van der Waals surface area contributed by atoms with E-state index < -0.39 is 0 Å². The van der Waals surface area contributed by atoms with Gasteiger partial charge in [0.2, 0.25) is 0 Å². The molecule has 0 bridgehead atoms. The summed E-state index contributed by atoms with van der Waals surface area (Å²) < 4.78 is 0. The molecule has 0 saturated heterocycles. The molecule has 3 heteroatoms. The molecule has 1 aliphatic heterocycles. The minimum atomic E-state index is 0.169. The van der Waals surface area contributed by atoms with Crippen molar-refractivity contribution in [1.29, 1.82) is 0 Å². The van der Waals surface area contributed by atoms with Crippen LogP contribution in [0.1, 0.15) is 31.9 Å². The zero-order valence-electron chi connectivity index (χ0n) is 11.4. The lowest BCUT2D eigenvalue weighted by Crippen LogP contribution is -2.28. The topological polar surface area (TPSA) is 35.5 Å².